The molecule has 0 aromatic carbocycles. The van der Waals surface area contributed by atoms with Crippen LogP contribution in [-0.2, 0) is 14.3 Å². The smallest absolute Gasteiger partial charge is 0.326 e. The van der Waals surface area contributed by atoms with Crippen molar-refractivity contribution in [2.24, 2.45) is 5.92 Å². The topological polar surface area (TPSA) is 76.6 Å². The number of anilines is 1. The van der Waals surface area contributed by atoms with Gasteiger partial charge in [-0.2, -0.15) is 0 Å². The summed E-state index contributed by atoms with van der Waals surface area (Å²) in [6, 6.07) is 1.50. The average molecular weight is 258 g/mol. The number of methoxy groups -OCH3 is 1. The van der Waals surface area contributed by atoms with Crippen LogP contribution >= 0.6 is 0 Å². The number of hydrogen-bond donors (Lipinski definition) is 0. The molecule has 0 saturated heterocycles. The van der Waals surface area contributed by atoms with E-state index in [0.717, 1.165) is 7.11 Å². The molecular formula is C12H11BN2O4. The number of Topliss-reactive ketones (excluding diaryl/α,β-unsaturated/α-hetero) is 1. The molecule has 2 rings (SSSR count). The Morgan fingerprint density at radius 2 is 2.11 bits per heavy atom. The highest BCUT2D eigenvalue weighted by Gasteiger charge is 2.44. The molecule has 6 nitrogen and oxygen atoms in total. The number of pyridine rings is 1. The van der Waals surface area contributed by atoms with Gasteiger partial charge in [0.15, 0.2) is 0 Å². The molecule has 1 amide bonds. The van der Waals surface area contributed by atoms with Gasteiger partial charge in [0.25, 0.3) is 0 Å². The third kappa shape index (κ3) is 1.91. The van der Waals surface area contributed by atoms with Crippen LogP contribution in [0.15, 0.2) is 6.07 Å². The van der Waals surface area contributed by atoms with Crippen molar-refractivity contribution in [3.05, 3.63) is 17.5 Å². The summed E-state index contributed by atoms with van der Waals surface area (Å²) in [5.41, 5.74) is 1.21. The van der Waals surface area contributed by atoms with Gasteiger partial charge in [-0.3, -0.25) is 14.4 Å². The zero-order valence-corrected chi connectivity index (χ0v) is 10.8. The summed E-state index contributed by atoms with van der Waals surface area (Å²) < 4.78 is 4.49. The second-order valence-electron chi connectivity index (χ2n) is 4.25. The number of ketones is 1. The highest BCUT2D eigenvalue weighted by atomic mass is 16.5. The molecule has 1 unspecified atom stereocenters. The Morgan fingerprint density at radius 1 is 1.47 bits per heavy atom. The highest BCUT2D eigenvalue weighted by Crippen LogP contribution is 2.28. The quantitative estimate of drug-likeness (QED) is 0.372. The molecule has 2 heterocycles. The van der Waals surface area contributed by atoms with Crippen molar-refractivity contribution in [3.8, 4) is 0 Å². The maximum atomic E-state index is 12.2. The highest BCUT2D eigenvalue weighted by molar-refractivity contribution is 6.35. The van der Waals surface area contributed by atoms with E-state index in [2.05, 4.69) is 9.72 Å². The Labute approximate surface area is 111 Å². The van der Waals surface area contributed by atoms with E-state index in [9.17, 15) is 14.4 Å². The monoisotopic (exact) mass is 258 g/mol. The fourth-order valence-corrected chi connectivity index (χ4v) is 1.93. The standard InChI is InChI=1S/C12H11BN2O4/c1-5-6(13)4-7-9(14-5)10(16)8(12(18)19-3)11(17)15(7)2/h4,8H,1-3H3. The molecular weight excluding hydrogens is 247 g/mol. The molecule has 1 aliphatic rings. The van der Waals surface area contributed by atoms with E-state index in [1.54, 1.807) is 6.92 Å². The first-order chi connectivity index (χ1) is 8.88. The first-order valence-corrected chi connectivity index (χ1v) is 5.55. The third-order valence-electron chi connectivity index (χ3n) is 3.10. The zero-order valence-electron chi connectivity index (χ0n) is 10.8. The lowest BCUT2D eigenvalue weighted by atomic mass is 9.88. The van der Waals surface area contributed by atoms with Gasteiger partial charge >= 0.3 is 5.97 Å². The number of esters is 1. The van der Waals surface area contributed by atoms with Gasteiger partial charge in [0.1, 0.15) is 13.5 Å². The molecule has 19 heavy (non-hydrogen) atoms. The SMILES string of the molecule is [B]c1cc2c(nc1C)C(=O)C(C(=O)OC)C(=O)N2C. The second kappa shape index (κ2) is 4.49. The van der Waals surface area contributed by atoms with Gasteiger partial charge in [-0.15, -0.1) is 0 Å². The number of aromatic nitrogens is 1. The molecule has 1 aromatic heterocycles. The van der Waals surface area contributed by atoms with Crippen LogP contribution < -0.4 is 10.4 Å². The molecule has 0 fully saturated rings. The number of aryl methyl sites for hydroxylation is 1. The van der Waals surface area contributed by atoms with E-state index in [-0.39, 0.29) is 5.69 Å². The van der Waals surface area contributed by atoms with Crippen molar-refractivity contribution < 1.29 is 19.1 Å². The number of carbonyl (C=O) groups excluding carboxylic acids is 3. The van der Waals surface area contributed by atoms with Gasteiger partial charge in [0, 0.05) is 12.7 Å². The molecule has 0 aliphatic carbocycles. The summed E-state index contributed by atoms with van der Waals surface area (Å²) in [7, 11) is 8.30. The number of ether oxygens (including phenoxy) is 1. The van der Waals surface area contributed by atoms with Crippen molar-refractivity contribution in [2.45, 2.75) is 6.92 Å². The van der Waals surface area contributed by atoms with Crippen LogP contribution in [0.4, 0.5) is 5.69 Å². The van der Waals surface area contributed by atoms with Crippen LogP contribution in [0.1, 0.15) is 16.2 Å². The number of carbonyl (C=O) groups is 3. The lowest BCUT2D eigenvalue weighted by Crippen LogP contribution is -2.47. The van der Waals surface area contributed by atoms with Crippen LogP contribution in [0, 0.1) is 12.8 Å². The fourth-order valence-electron chi connectivity index (χ4n) is 1.93. The van der Waals surface area contributed by atoms with Crippen LogP contribution in [-0.4, -0.2) is 44.6 Å². The van der Waals surface area contributed by atoms with E-state index < -0.39 is 23.6 Å². The molecule has 0 bridgehead atoms. The van der Waals surface area contributed by atoms with Gasteiger partial charge in [0.2, 0.25) is 17.6 Å². The van der Waals surface area contributed by atoms with Crippen molar-refractivity contribution >= 4 is 36.7 Å². The molecule has 7 heteroatoms. The van der Waals surface area contributed by atoms with E-state index >= 15 is 0 Å². The molecule has 1 atom stereocenters. The van der Waals surface area contributed by atoms with E-state index in [1.807, 2.05) is 0 Å². The summed E-state index contributed by atoms with van der Waals surface area (Å²) in [6.07, 6.45) is 0. The fraction of sp³-hybridized carbons (Fsp3) is 0.333. The summed E-state index contributed by atoms with van der Waals surface area (Å²) in [5, 5.41) is 0. The Balaban J connectivity index is 2.62. The minimum atomic E-state index is -1.49. The average Bonchev–Trinajstić information content (AvgIpc) is 2.38. The summed E-state index contributed by atoms with van der Waals surface area (Å²) in [6.45, 7) is 1.65. The van der Waals surface area contributed by atoms with Crippen molar-refractivity contribution in [1.29, 1.82) is 0 Å². The molecule has 1 aliphatic heterocycles. The van der Waals surface area contributed by atoms with Gasteiger partial charge < -0.3 is 9.64 Å². The number of amides is 1. The van der Waals surface area contributed by atoms with Gasteiger partial charge in [-0.05, 0) is 13.0 Å². The molecule has 96 valence electrons. The lowest BCUT2D eigenvalue weighted by molar-refractivity contribution is -0.147. The normalized spacial score (nSPS) is 18.3. The number of rotatable bonds is 1. The van der Waals surface area contributed by atoms with E-state index in [4.69, 9.17) is 7.85 Å². The van der Waals surface area contributed by atoms with Gasteiger partial charge in [-0.25, -0.2) is 4.98 Å². The lowest BCUT2D eigenvalue weighted by Gasteiger charge is -2.29. The Morgan fingerprint density at radius 3 is 2.68 bits per heavy atom. The minimum absolute atomic E-state index is 0.0594. The Hall–Kier alpha value is -2.18. The van der Waals surface area contributed by atoms with E-state index in [0.29, 0.717) is 16.8 Å². The number of hydrogen-bond acceptors (Lipinski definition) is 5. The Kier molecular flexibility index (Phi) is 3.14. The minimum Gasteiger partial charge on any atom is -0.468 e. The summed E-state index contributed by atoms with van der Waals surface area (Å²) >= 11 is 0. The van der Waals surface area contributed by atoms with Crippen LogP contribution in [0.2, 0.25) is 0 Å². The van der Waals surface area contributed by atoms with Gasteiger partial charge in [0.05, 0.1) is 12.8 Å². The summed E-state index contributed by atoms with van der Waals surface area (Å²) in [5.74, 6) is -3.68. The predicted octanol–water partition coefficient (Wildman–Crippen LogP) is -0.868. The molecule has 2 radical (unpaired) electrons. The number of nitrogens with zero attached hydrogens (tertiary/aromatic N) is 2. The zero-order chi connectivity index (χ0) is 14.3. The third-order valence-corrected chi connectivity index (χ3v) is 3.10. The van der Waals surface area contributed by atoms with Crippen molar-refractivity contribution in [3.63, 3.8) is 0 Å². The predicted molar refractivity (Wildman–Crippen MR) is 67.6 cm³/mol. The molecule has 0 N–H and O–H groups in total. The summed E-state index contributed by atoms with van der Waals surface area (Å²) in [4.78, 5) is 41.0. The number of fused-ring (bicyclic) bond motifs is 1. The van der Waals surface area contributed by atoms with Gasteiger partial charge in [-0.1, -0.05) is 5.46 Å². The first kappa shape index (κ1) is 13.3. The van der Waals surface area contributed by atoms with Crippen LogP contribution in [0.3, 0.4) is 0 Å². The Bertz CT molecular complexity index is 600. The van der Waals surface area contributed by atoms with Crippen molar-refractivity contribution in [1.82, 2.24) is 4.98 Å². The maximum Gasteiger partial charge on any atom is 0.326 e. The largest absolute Gasteiger partial charge is 0.468 e. The van der Waals surface area contributed by atoms with E-state index in [1.165, 1.54) is 18.0 Å². The second-order valence-corrected chi connectivity index (χ2v) is 4.25. The van der Waals surface area contributed by atoms with Crippen LogP contribution in [0.5, 0.6) is 0 Å². The molecule has 0 saturated carbocycles. The first-order valence-electron chi connectivity index (χ1n) is 5.55. The molecule has 0 spiro atoms. The molecule has 1 aromatic rings. The van der Waals surface area contributed by atoms with Crippen LogP contribution in [0.25, 0.3) is 0 Å². The van der Waals surface area contributed by atoms with Crippen molar-refractivity contribution in [2.75, 3.05) is 19.1 Å². The maximum absolute atomic E-state index is 12.2.